The number of nitrogens with zero attached hydrogens (tertiary/aromatic N) is 1. The van der Waals surface area contributed by atoms with Crippen LogP contribution in [0, 0.1) is 11.8 Å². The van der Waals surface area contributed by atoms with Crippen LogP contribution in [0.1, 0.15) is 24.5 Å². The molecule has 33 heavy (non-hydrogen) atoms. The molecule has 11 nitrogen and oxygen atoms in total. The molecule has 4 rings (SSSR count). The van der Waals surface area contributed by atoms with Gasteiger partial charge in [0.05, 0.1) is 22.8 Å². The van der Waals surface area contributed by atoms with Gasteiger partial charge in [-0.1, -0.05) is 17.9 Å². The molecule has 3 aliphatic carbocycles. The summed E-state index contributed by atoms with van der Waals surface area (Å²) in [6.45, 7) is 1.39. The first-order chi connectivity index (χ1) is 14.8. The maximum atomic E-state index is 13.6. The first-order valence-electron chi connectivity index (χ1n) is 9.95. The number of quaternary nitrogens is 1. The number of phenolic OH excluding ortho intramolecular Hbond substituents is 1. The summed E-state index contributed by atoms with van der Waals surface area (Å²) in [5.41, 5.74) is -0.907. The number of aliphatic hydroxyl groups excluding tert-OH is 1. The molecule has 1 fully saturated rings. The van der Waals surface area contributed by atoms with Crippen molar-refractivity contribution < 1.29 is 39.9 Å². The van der Waals surface area contributed by atoms with E-state index in [0.717, 1.165) is 0 Å². The Kier molecular flexibility index (Phi) is 5.46. The fourth-order valence-electron chi connectivity index (χ4n) is 5.48. The average Bonchev–Trinajstić information content (AvgIpc) is 2.68. The average molecular weight is 461 g/mol. The number of likely N-dealkylation sites (N-methyl/N-ethyl adjacent to an activating group) is 1. The fourth-order valence-corrected chi connectivity index (χ4v) is 5.48. The molecular formula is C22H27N3O8. The number of benzene rings is 1. The zero-order valence-corrected chi connectivity index (χ0v) is 18.6. The Morgan fingerprint density at radius 2 is 1.82 bits per heavy atom. The normalized spacial score (nSPS) is 33.3. The van der Waals surface area contributed by atoms with Crippen molar-refractivity contribution in [1.82, 2.24) is 11.1 Å². The number of ketones is 2. The highest BCUT2D eigenvalue weighted by atomic mass is 16.3. The summed E-state index contributed by atoms with van der Waals surface area (Å²) < 4.78 is 0. The monoisotopic (exact) mass is 461 g/mol. The minimum absolute atomic E-state index is 0. The molecule has 1 aromatic rings. The van der Waals surface area contributed by atoms with Crippen molar-refractivity contribution in [1.29, 1.82) is 0 Å². The van der Waals surface area contributed by atoms with E-state index in [2.05, 4.69) is 0 Å². The summed E-state index contributed by atoms with van der Waals surface area (Å²) in [5, 5.41) is 57.1. The van der Waals surface area contributed by atoms with Gasteiger partial charge in [-0.25, -0.2) is 0 Å². The summed E-state index contributed by atoms with van der Waals surface area (Å²) in [5.74, 6) is -8.47. The Morgan fingerprint density at radius 1 is 1.21 bits per heavy atom. The SMILES string of the molecule is CN(C)C1C(=O)C(C(N)=O)=C([O-])C2(O)C(=O)C3=C(O)c4c(O)cccc4C(C)(O)C3CC12.[NH4+]. The predicted molar refractivity (Wildman–Crippen MR) is 113 cm³/mol. The number of carbonyl (C=O) groups is 3. The van der Waals surface area contributed by atoms with Gasteiger partial charge in [-0.3, -0.25) is 19.3 Å². The number of fused-ring (bicyclic) bond motifs is 3. The molecule has 0 bridgehead atoms. The van der Waals surface area contributed by atoms with Crippen molar-refractivity contribution >= 4 is 23.2 Å². The maximum Gasteiger partial charge on any atom is 0.251 e. The quantitative estimate of drug-likeness (QED) is 0.291. The molecule has 0 heterocycles. The van der Waals surface area contributed by atoms with Crippen LogP contribution in [0.4, 0.5) is 0 Å². The number of primary amides is 1. The lowest BCUT2D eigenvalue weighted by atomic mass is 9.54. The van der Waals surface area contributed by atoms with Crippen molar-refractivity contribution in [2.75, 3.05) is 14.1 Å². The fraction of sp³-hybridized carbons (Fsp3) is 0.409. The molecule has 178 valence electrons. The van der Waals surface area contributed by atoms with E-state index in [0.29, 0.717) is 0 Å². The molecule has 5 unspecified atom stereocenters. The summed E-state index contributed by atoms with van der Waals surface area (Å²) in [6.07, 6.45) is -0.240. The number of amides is 1. The molecular weight excluding hydrogens is 434 g/mol. The van der Waals surface area contributed by atoms with Gasteiger partial charge in [0.1, 0.15) is 17.1 Å². The van der Waals surface area contributed by atoms with Crippen LogP contribution in [0.3, 0.4) is 0 Å². The zero-order valence-electron chi connectivity index (χ0n) is 18.6. The van der Waals surface area contributed by atoms with Gasteiger partial charge >= 0.3 is 0 Å². The van der Waals surface area contributed by atoms with Crippen LogP contribution in [-0.2, 0) is 20.0 Å². The van der Waals surface area contributed by atoms with E-state index in [1.54, 1.807) is 0 Å². The number of rotatable bonds is 2. The zero-order chi connectivity index (χ0) is 23.9. The lowest BCUT2D eigenvalue weighted by Gasteiger charge is -2.55. The van der Waals surface area contributed by atoms with E-state index in [-0.39, 0.29) is 23.7 Å². The van der Waals surface area contributed by atoms with E-state index in [4.69, 9.17) is 5.73 Å². The van der Waals surface area contributed by atoms with Crippen LogP contribution in [0.25, 0.3) is 5.76 Å². The number of Topliss-reactive ketones (excluding diaryl/α,β-unsaturated/α-hetero) is 2. The Labute approximate surface area is 189 Å². The van der Waals surface area contributed by atoms with E-state index < -0.39 is 75.0 Å². The van der Waals surface area contributed by atoms with Gasteiger partial charge in [0.25, 0.3) is 5.91 Å². The van der Waals surface area contributed by atoms with E-state index >= 15 is 0 Å². The van der Waals surface area contributed by atoms with Crippen LogP contribution in [0.2, 0.25) is 0 Å². The molecule has 0 spiro atoms. The largest absolute Gasteiger partial charge is 0.873 e. The number of hydrogen-bond donors (Lipinski definition) is 6. The van der Waals surface area contributed by atoms with Gasteiger partial charge in [0, 0.05) is 17.4 Å². The van der Waals surface area contributed by atoms with Crippen LogP contribution in [0.15, 0.2) is 35.1 Å². The van der Waals surface area contributed by atoms with Gasteiger partial charge in [-0.05, 0) is 39.1 Å². The van der Waals surface area contributed by atoms with Crippen LogP contribution in [-0.4, -0.2) is 68.5 Å². The Balaban J connectivity index is 0.00000306. The smallest absolute Gasteiger partial charge is 0.251 e. The van der Waals surface area contributed by atoms with E-state index in [1.165, 1.54) is 44.1 Å². The summed E-state index contributed by atoms with van der Waals surface area (Å²) in [6, 6.07) is 2.94. The number of nitrogens with two attached hydrogens (primary N) is 1. The Bertz CT molecular complexity index is 1150. The number of phenols is 1. The molecule has 1 aromatic carbocycles. The maximum absolute atomic E-state index is 13.6. The lowest BCUT2D eigenvalue weighted by Crippen LogP contribution is -2.68. The first-order valence-corrected chi connectivity index (χ1v) is 9.95. The highest BCUT2D eigenvalue weighted by molar-refractivity contribution is 6.24. The van der Waals surface area contributed by atoms with Gasteiger partial charge in [0.2, 0.25) is 0 Å². The molecule has 0 saturated heterocycles. The second-order valence-electron chi connectivity index (χ2n) is 8.94. The highest BCUT2D eigenvalue weighted by Crippen LogP contribution is 2.56. The Morgan fingerprint density at radius 3 is 2.36 bits per heavy atom. The molecule has 0 aliphatic heterocycles. The van der Waals surface area contributed by atoms with Crippen molar-refractivity contribution in [2.45, 2.75) is 30.6 Å². The van der Waals surface area contributed by atoms with Crippen LogP contribution >= 0.6 is 0 Å². The molecule has 1 amide bonds. The molecule has 5 atom stereocenters. The predicted octanol–water partition coefficient (Wildman–Crippen LogP) is -1.19. The molecule has 11 heteroatoms. The summed E-state index contributed by atoms with van der Waals surface area (Å²) in [4.78, 5) is 39.8. The summed E-state index contributed by atoms with van der Waals surface area (Å²) in [7, 11) is 2.97. The van der Waals surface area contributed by atoms with Crippen LogP contribution in [0.5, 0.6) is 5.75 Å². The van der Waals surface area contributed by atoms with Gasteiger partial charge < -0.3 is 37.4 Å². The molecule has 0 aromatic heterocycles. The van der Waals surface area contributed by atoms with Gasteiger partial charge in [-0.2, -0.15) is 0 Å². The Hall–Kier alpha value is -3.25. The van der Waals surface area contributed by atoms with E-state index in [1.807, 2.05) is 0 Å². The van der Waals surface area contributed by atoms with Crippen molar-refractivity contribution in [3.8, 4) is 5.75 Å². The number of aromatic hydroxyl groups is 1. The molecule has 0 radical (unpaired) electrons. The summed E-state index contributed by atoms with van der Waals surface area (Å²) >= 11 is 0. The van der Waals surface area contributed by atoms with Gasteiger partial charge in [-0.15, -0.1) is 0 Å². The topological polar surface area (TPSA) is 221 Å². The van der Waals surface area contributed by atoms with Crippen molar-refractivity contribution in [2.24, 2.45) is 17.6 Å². The number of carbonyl (C=O) groups excluding carboxylic acids is 3. The molecule has 3 aliphatic rings. The third kappa shape index (κ3) is 2.86. The second kappa shape index (κ2) is 7.39. The number of hydrogen-bond acceptors (Lipinski definition) is 9. The first kappa shape index (κ1) is 24.4. The third-order valence-corrected chi connectivity index (χ3v) is 7.00. The second-order valence-corrected chi connectivity index (χ2v) is 8.94. The minimum atomic E-state index is -2.86. The van der Waals surface area contributed by atoms with Gasteiger partial charge in [0.15, 0.2) is 11.6 Å². The molecule has 10 N–H and O–H groups in total. The minimum Gasteiger partial charge on any atom is -0.873 e. The van der Waals surface area contributed by atoms with E-state index in [9.17, 15) is 39.9 Å². The van der Waals surface area contributed by atoms with Crippen molar-refractivity contribution in [3.05, 3.63) is 46.2 Å². The van der Waals surface area contributed by atoms with Crippen LogP contribution < -0.4 is 17.0 Å². The highest BCUT2D eigenvalue weighted by Gasteiger charge is 2.63. The molecule has 1 saturated carbocycles. The lowest BCUT2D eigenvalue weighted by molar-refractivity contribution is -0.339. The third-order valence-electron chi connectivity index (χ3n) is 7.00. The van der Waals surface area contributed by atoms with Crippen molar-refractivity contribution in [3.63, 3.8) is 0 Å². The number of aliphatic hydroxyl groups is 3. The standard InChI is InChI=1S/C22H24N2O8.H3N/c1-21(31)8-5-4-6-11(25)12(8)16(26)13-9(21)7-10-15(24(2)3)17(27)14(20(23)30)19(29)22(10,32)18(13)28;/h4-6,9-10,15,25-26,29,31-32H,7H2,1-3H3,(H2,23,30);1H3.